The van der Waals surface area contributed by atoms with Crippen LogP contribution in [0.4, 0.5) is 0 Å². The SMILES string of the molecule is CCc1ccc(C(C)(C)CCNC2CC2)cc1. The van der Waals surface area contributed by atoms with Gasteiger partial charge < -0.3 is 5.32 Å². The van der Waals surface area contributed by atoms with Gasteiger partial charge in [0.1, 0.15) is 0 Å². The van der Waals surface area contributed by atoms with E-state index in [9.17, 15) is 0 Å². The molecule has 94 valence electrons. The van der Waals surface area contributed by atoms with Crippen molar-refractivity contribution in [3.8, 4) is 0 Å². The molecule has 1 N–H and O–H groups in total. The highest BCUT2D eigenvalue weighted by atomic mass is 14.9. The largest absolute Gasteiger partial charge is 0.314 e. The van der Waals surface area contributed by atoms with Crippen LogP contribution in [0.2, 0.25) is 0 Å². The van der Waals surface area contributed by atoms with Gasteiger partial charge in [-0.05, 0) is 48.8 Å². The van der Waals surface area contributed by atoms with Gasteiger partial charge in [-0.15, -0.1) is 0 Å². The molecule has 0 unspecified atom stereocenters. The second kappa shape index (κ2) is 5.22. The van der Waals surface area contributed by atoms with E-state index in [1.54, 1.807) is 0 Å². The summed E-state index contributed by atoms with van der Waals surface area (Å²) >= 11 is 0. The van der Waals surface area contributed by atoms with Gasteiger partial charge in [-0.3, -0.25) is 0 Å². The first-order chi connectivity index (χ1) is 8.12. The Morgan fingerprint density at radius 1 is 1.18 bits per heavy atom. The van der Waals surface area contributed by atoms with Gasteiger partial charge >= 0.3 is 0 Å². The summed E-state index contributed by atoms with van der Waals surface area (Å²) in [6.07, 6.45) is 5.11. The predicted molar refractivity (Wildman–Crippen MR) is 74.5 cm³/mol. The summed E-state index contributed by atoms with van der Waals surface area (Å²) < 4.78 is 0. The van der Waals surface area contributed by atoms with Crippen LogP contribution < -0.4 is 5.32 Å². The molecule has 0 amide bonds. The van der Waals surface area contributed by atoms with E-state index in [0.29, 0.717) is 0 Å². The molecule has 17 heavy (non-hydrogen) atoms. The smallest absolute Gasteiger partial charge is 0.00682 e. The number of hydrogen-bond acceptors (Lipinski definition) is 1. The van der Waals surface area contributed by atoms with Crippen molar-refractivity contribution in [1.29, 1.82) is 0 Å². The maximum Gasteiger partial charge on any atom is 0.00682 e. The Hall–Kier alpha value is -0.820. The average Bonchev–Trinajstić information content (AvgIpc) is 3.13. The fourth-order valence-electron chi connectivity index (χ4n) is 2.21. The lowest BCUT2D eigenvalue weighted by Gasteiger charge is -2.25. The highest BCUT2D eigenvalue weighted by Crippen LogP contribution is 2.27. The van der Waals surface area contributed by atoms with E-state index in [1.165, 1.54) is 30.4 Å². The first-order valence-electron chi connectivity index (χ1n) is 6.94. The molecule has 1 aliphatic carbocycles. The zero-order chi connectivity index (χ0) is 12.3. The molecule has 0 radical (unpaired) electrons. The Morgan fingerprint density at radius 2 is 1.82 bits per heavy atom. The van der Waals surface area contributed by atoms with Gasteiger partial charge in [0.15, 0.2) is 0 Å². The summed E-state index contributed by atoms with van der Waals surface area (Å²) in [5, 5.41) is 3.61. The molecule has 0 atom stereocenters. The number of nitrogens with one attached hydrogen (secondary N) is 1. The van der Waals surface area contributed by atoms with Crippen LogP contribution >= 0.6 is 0 Å². The number of hydrogen-bond donors (Lipinski definition) is 1. The standard InChI is InChI=1S/C16H25N/c1-4-13-5-7-14(8-6-13)16(2,3)11-12-17-15-9-10-15/h5-8,15,17H,4,9-12H2,1-3H3. The van der Waals surface area contributed by atoms with Crippen LogP contribution in [-0.4, -0.2) is 12.6 Å². The van der Waals surface area contributed by atoms with Crippen LogP contribution in [0.15, 0.2) is 24.3 Å². The van der Waals surface area contributed by atoms with Crippen LogP contribution in [0.25, 0.3) is 0 Å². The minimum atomic E-state index is 0.286. The van der Waals surface area contributed by atoms with Gasteiger partial charge in [0.05, 0.1) is 0 Å². The third-order valence-electron chi connectivity index (χ3n) is 3.90. The van der Waals surface area contributed by atoms with E-state index < -0.39 is 0 Å². The molecule has 1 aliphatic rings. The van der Waals surface area contributed by atoms with E-state index >= 15 is 0 Å². The van der Waals surface area contributed by atoms with Gasteiger partial charge in [0.2, 0.25) is 0 Å². The van der Waals surface area contributed by atoms with Crippen LogP contribution in [-0.2, 0) is 11.8 Å². The van der Waals surface area contributed by atoms with Gasteiger partial charge in [-0.25, -0.2) is 0 Å². The Morgan fingerprint density at radius 3 is 2.35 bits per heavy atom. The number of benzene rings is 1. The molecule has 0 heterocycles. The van der Waals surface area contributed by atoms with Crippen molar-refractivity contribution in [2.75, 3.05) is 6.54 Å². The lowest BCUT2D eigenvalue weighted by Crippen LogP contribution is -2.26. The van der Waals surface area contributed by atoms with Crippen molar-refractivity contribution < 1.29 is 0 Å². The molecule has 0 aromatic heterocycles. The Labute approximate surface area is 106 Å². The second-order valence-corrected chi connectivity index (χ2v) is 5.91. The zero-order valence-electron chi connectivity index (χ0n) is 11.4. The molecule has 0 bridgehead atoms. The Bertz CT molecular complexity index is 346. The van der Waals surface area contributed by atoms with Crippen LogP contribution in [0.3, 0.4) is 0 Å². The zero-order valence-corrected chi connectivity index (χ0v) is 11.4. The van der Waals surface area contributed by atoms with Gasteiger partial charge in [0, 0.05) is 6.04 Å². The lowest BCUT2D eigenvalue weighted by molar-refractivity contribution is 0.456. The monoisotopic (exact) mass is 231 g/mol. The first-order valence-corrected chi connectivity index (χ1v) is 6.94. The van der Waals surface area contributed by atoms with E-state index in [-0.39, 0.29) is 5.41 Å². The molecule has 2 rings (SSSR count). The average molecular weight is 231 g/mol. The van der Waals surface area contributed by atoms with E-state index in [2.05, 4.69) is 50.4 Å². The van der Waals surface area contributed by atoms with E-state index in [4.69, 9.17) is 0 Å². The number of aryl methyl sites for hydroxylation is 1. The molecule has 1 fully saturated rings. The molecule has 0 aliphatic heterocycles. The predicted octanol–water partition coefficient (Wildman–Crippen LogP) is 3.67. The fraction of sp³-hybridized carbons (Fsp3) is 0.625. The van der Waals surface area contributed by atoms with Gasteiger partial charge in [0.25, 0.3) is 0 Å². The summed E-state index contributed by atoms with van der Waals surface area (Å²) in [4.78, 5) is 0. The summed E-state index contributed by atoms with van der Waals surface area (Å²) in [6, 6.07) is 9.97. The third-order valence-corrected chi connectivity index (χ3v) is 3.90. The van der Waals surface area contributed by atoms with Crippen molar-refractivity contribution in [1.82, 2.24) is 5.32 Å². The summed E-state index contributed by atoms with van der Waals surface area (Å²) in [5.41, 5.74) is 3.18. The Kier molecular flexibility index (Phi) is 3.88. The van der Waals surface area contributed by atoms with Crippen LogP contribution in [0.5, 0.6) is 0 Å². The minimum absolute atomic E-state index is 0.286. The molecule has 1 aromatic carbocycles. The van der Waals surface area contributed by atoms with Gasteiger partial charge in [-0.2, -0.15) is 0 Å². The molecule has 1 aromatic rings. The maximum atomic E-state index is 3.61. The van der Waals surface area contributed by atoms with Crippen LogP contribution in [0, 0.1) is 0 Å². The fourth-order valence-corrected chi connectivity index (χ4v) is 2.21. The number of rotatable bonds is 6. The second-order valence-electron chi connectivity index (χ2n) is 5.91. The van der Waals surface area contributed by atoms with Gasteiger partial charge in [-0.1, -0.05) is 45.0 Å². The highest BCUT2D eigenvalue weighted by Gasteiger charge is 2.23. The molecular formula is C16H25N. The summed E-state index contributed by atoms with van der Waals surface area (Å²) in [5.74, 6) is 0. The van der Waals surface area contributed by atoms with Crippen molar-refractivity contribution in [3.05, 3.63) is 35.4 Å². The van der Waals surface area contributed by atoms with Crippen molar-refractivity contribution in [2.24, 2.45) is 0 Å². The normalized spacial score (nSPS) is 16.2. The Balaban J connectivity index is 1.91. The topological polar surface area (TPSA) is 12.0 Å². The van der Waals surface area contributed by atoms with Crippen molar-refractivity contribution in [3.63, 3.8) is 0 Å². The lowest BCUT2D eigenvalue weighted by atomic mass is 9.81. The molecule has 0 spiro atoms. The molecule has 1 nitrogen and oxygen atoms in total. The van der Waals surface area contributed by atoms with Crippen LogP contribution in [0.1, 0.15) is 51.2 Å². The quantitative estimate of drug-likeness (QED) is 0.787. The summed E-state index contributed by atoms with van der Waals surface area (Å²) in [7, 11) is 0. The molecular weight excluding hydrogens is 206 g/mol. The van der Waals surface area contributed by atoms with E-state index in [0.717, 1.165) is 19.0 Å². The third kappa shape index (κ3) is 3.57. The summed E-state index contributed by atoms with van der Waals surface area (Å²) in [6.45, 7) is 8.05. The van der Waals surface area contributed by atoms with E-state index in [1.807, 2.05) is 0 Å². The first kappa shape index (κ1) is 12.6. The highest BCUT2D eigenvalue weighted by molar-refractivity contribution is 5.28. The maximum absolute atomic E-state index is 3.61. The molecule has 1 heteroatoms. The van der Waals surface area contributed by atoms with Crippen molar-refractivity contribution >= 4 is 0 Å². The molecule has 1 saturated carbocycles. The van der Waals surface area contributed by atoms with Crippen molar-refractivity contribution in [2.45, 2.75) is 57.9 Å². The molecule has 0 saturated heterocycles. The minimum Gasteiger partial charge on any atom is -0.314 e.